The lowest BCUT2D eigenvalue weighted by Crippen LogP contribution is -2.49. The van der Waals surface area contributed by atoms with Crippen LogP contribution in [0.3, 0.4) is 0 Å². The number of carboxylic acids is 1. The Hall–Kier alpha value is -1.26. The summed E-state index contributed by atoms with van der Waals surface area (Å²) in [6.07, 6.45) is 5.71. The van der Waals surface area contributed by atoms with Crippen LogP contribution in [0.4, 0.5) is 4.79 Å². The van der Waals surface area contributed by atoms with Crippen LogP contribution in [-0.2, 0) is 4.79 Å². The number of nitrogens with one attached hydrogen (secondary N) is 1. The summed E-state index contributed by atoms with van der Waals surface area (Å²) in [5.74, 6) is -0.886. The topological polar surface area (TPSA) is 69.6 Å². The van der Waals surface area contributed by atoms with E-state index in [0.717, 1.165) is 12.8 Å². The molecule has 5 heteroatoms. The van der Waals surface area contributed by atoms with Crippen molar-refractivity contribution in [2.24, 2.45) is 0 Å². The fraction of sp³-hybridized carbons (Fsp3) is 0.846. The average Bonchev–Trinajstić information content (AvgIpc) is 2.29. The lowest BCUT2D eigenvalue weighted by molar-refractivity contribution is -0.137. The van der Waals surface area contributed by atoms with Crippen molar-refractivity contribution in [1.29, 1.82) is 0 Å². The molecular formula is C13H24N2O3. The van der Waals surface area contributed by atoms with Crippen LogP contribution >= 0.6 is 0 Å². The first-order valence-electron chi connectivity index (χ1n) is 6.83. The van der Waals surface area contributed by atoms with Gasteiger partial charge < -0.3 is 15.3 Å². The van der Waals surface area contributed by atoms with E-state index in [1.54, 1.807) is 6.92 Å². The van der Waals surface area contributed by atoms with E-state index in [9.17, 15) is 9.59 Å². The van der Waals surface area contributed by atoms with Crippen LogP contribution in [0.1, 0.15) is 52.4 Å². The van der Waals surface area contributed by atoms with Crippen LogP contribution in [0.25, 0.3) is 0 Å². The number of hydrogen-bond acceptors (Lipinski definition) is 2. The van der Waals surface area contributed by atoms with Crippen molar-refractivity contribution < 1.29 is 14.7 Å². The molecule has 0 bridgehead atoms. The van der Waals surface area contributed by atoms with Gasteiger partial charge in [-0.05, 0) is 26.7 Å². The molecule has 0 spiro atoms. The molecule has 1 unspecified atom stereocenters. The van der Waals surface area contributed by atoms with Crippen molar-refractivity contribution in [3.63, 3.8) is 0 Å². The second-order valence-electron chi connectivity index (χ2n) is 5.03. The highest BCUT2D eigenvalue weighted by molar-refractivity contribution is 5.76. The molecule has 2 N–H and O–H groups in total. The summed E-state index contributed by atoms with van der Waals surface area (Å²) in [6.45, 7) is 4.37. The van der Waals surface area contributed by atoms with Gasteiger partial charge in [-0.3, -0.25) is 4.79 Å². The monoisotopic (exact) mass is 256 g/mol. The van der Waals surface area contributed by atoms with Gasteiger partial charge >= 0.3 is 12.0 Å². The Morgan fingerprint density at radius 2 is 1.94 bits per heavy atom. The number of rotatable bonds is 5. The first-order valence-corrected chi connectivity index (χ1v) is 6.83. The lowest BCUT2D eigenvalue weighted by Gasteiger charge is -2.34. The second kappa shape index (κ2) is 7.24. The number of amides is 2. The Balaban J connectivity index is 2.48. The Labute approximate surface area is 109 Å². The van der Waals surface area contributed by atoms with Gasteiger partial charge in [0.05, 0.1) is 6.42 Å². The quantitative estimate of drug-likeness (QED) is 0.792. The molecule has 0 saturated heterocycles. The molecule has 0 aromatic heterocycles. The van der Waals surface area contributed by atoms with Crippen molar-refractivity contribution in [1.82, 2.24) is 10.2 Å². The molecule has 0 aromatic rings. The molecule has 18 heavy (non-hydrogen) atoms. The van der Waals surface area contributed by atoms with Crippen molar-refractivity contribution in [3.8, 4) is 0 Å². The van der Waals surface area contributed by atoms with Crippen molar-refractivity contribution in [2.45, 2.75) is 64.5 Å². The van der Waals surface area contributed by atoms with Gasteiger partial charge in [0.15, 0.2) is 0 Å². The number of urea groups is 1. The normalized spacial score (nSPS) is 18.1. The molecule has 0 radical (unpaired) electrons. The van der Waals surface area contributed by atoms with E-state index in [2.05, 4.69) is 5.32 Å². The van der Waals surface area contributed by atoms with Crippen molar-refractivity contribution >= 4 is 12.0 Å². The molecule has 0 heterocycles. The molecular weight excluding hydrogens is 232 g/mol. The molecule has 0 aliphatic heterocycles. The summed E-state index contributed by atoms with van der Waals surface area (Å²) >= 11 is 0. The fourth-order valence-electron chi connectivity index (χ4n) is 2.57. The van der Waals surface area contributed by atoms with Gasteiger partial charge in [-0.15, -0.1) is 0 Å². The third-order valence-corrected chi connectivity index (χ3v) is 3.47. The molecule has 1 atom stereocenters. The smallest absolute Gasteiger partial charge is 0.317 e. The van der Waals surface area contributed by atoms with E-state index in [-0.39, 0.29) is 18.5 Å². The molecule has 104 valence electrons. The molecule has 1 rings (SSSR count). The van der Waals surface area contributed by atoms with E-state index in [4.69, 9.17) is 5.11 Å². The summed E-state index contributed by atoms with van der Waals surface area (Å²) in [5, 5.41) is 11.4. The Morgan fingerprint density at radius 3 is 2.44 bits per heavy atom. The van der Waals surface area contributed by atoms with Gasteiger partial charge in [0.1, 0.15) is 0 Å². The third-order valence-electron chi connectivity index (χ3n) is 3.47. The Bertz CT molecular complexity index is 288. The molecule has 5 nitrogen and oxygen atoms in total. The molecule has 1 aliphatic carbocycles. The maximum atomic E-state index is 12.1. The molecule has 2 amide bonds. The predicted octanol–water partition coefficient (Wildman–Crippen LogP) is 2.21. The summed E-state index contributed by atoms with van der Waals surface area (Å²) in [7, 11) is 0. The third kappa shape index (κ3) is 4.55. The van der Waals surface area contributed by atoms with Crippen LogP contribution in [0.5, 0.6) is 0 Å². The SMILES string of the molecule is CCN(C(=O)NC(C)CC(=O)O)C1CCCCC1. The van der Waals surface area contributed by atoms with E-state index >= 15 is 0 Å². The van der Waals surface area contributed by atoms with Crippen LogP contribution in [0.15, 0.2) is 0 Å². The average molecular weight is 256 g/mol. The highest BCUT2D eigenvalue weighted by Crippen LogP contribution is 2.22. The molecule has 0 aromatic carbocycles. The second-order valence-corrected chi connectivity index (χ2v) is 5.03. The predicted molar refractivity (Wildman–Crippen MR) is 69.5 cm³/mol. The minimum Gasteiger partial charge on any atom is -0.481 e. The summed E-state index contributed by atoms with van der Waals surface area (Å²) in [6, 6.07) is -0.133. The van der Waals surface area contributed by atoms with E-state index in [1.807, 2.05) is 11.8 Å². The Morgan fingerprint density at radius 1 is 1.33 bits per heavy atom. The minimum atomic E-state index is -0.886. The maximum Gasteiger partial charge on any atom is 0.317 e. The van der Waals surface area contributed by atoms with Crippen molar-refractivity contribution in [3.05, 3.63) is 0 Å². The minimum absolute atomic E-state index is 0.0338. The van der Waals surface area contributed by atoms with Gasteiger partial charge in [0, 0.05) is 18.6 Å². The number of carbonyl (C=O) groups excluding carboxylic acids is 1. The van der Waals surface area contributed by atoms with Crippen LogP contribution in [0.2, 0.25) is 0 Å². The highest BCUT2D eigenvalue weighted by atomic mass is 16.4. The van der Waals surface area contributed by atoms with Gasteiger partial charge in [-0.25, -0.2) is 4.79 Å². The lowest BCUT2D eigenvalue weighted by atomic mass is 9.94. The number of carbonyl (C=O) groups is 2. The van der Waals surface area contributed by atoms with E-state index < -0.39 is 5.97 Å². The number of nitrogens with zero attached hydrogens (tertiary/aromatic N) is 1. The van der Waals surface area contributed by atoms with Gasteiger partial charge in [0.2, 0.25) is 0 Å². The molecule has 1 aliphatic rings. The van der Waals surface area contributed by atoms with Crippen molar-refractivity contribution in [2.75, 3.05) is 6.54 Å². The van der Waals surface area contributed by atoms with E-state index in [1.165, 1.54) is 19.3 Å². The zero-order chi connectivity index (χ0) is 13.5. The maximum absolute atomic E-state index is 12.1. The number of aliphatic carboxylic acids is 1. The Kier molecular flexibility index (Phi) is 5.95. The van der Waals surface area contributed by atoms with Crippen LogP contribution in [-0.4, -0.2) is 40.6 Å². The highest BCUT2D eigenvalue weighted by Gasteiger charge is 2.25. The first kappa shape index (κ1) is 14.8. The van der Waals surface area contributed by atoms with Gasteiger partial charge in [-0.1, -0.05) is 19.3 Å². The number of carboxylic acid groups (broad SMARTS) is 1. The summed E-state index contributed by atoms with van der Waals surface area (Å²) < 4.78 is 0. The standard InChI is InChI=1S/C13H24N2O3/c1-3-15(11-7-5-4-6-8-11)13(18)14-10(2)9-12(16)17/h10-11H,3-9H2,1-2H3,(H,14,18)(H,16,17). The molecule has 1 saturated carbocycles. The zero-order valence-corrected chi connectivity index (χ0v) is 11.3. The van der Waals surface area contributed by atoms with Crippen LogP contribution < -0.4 is 5.32 Å². The van der Waals surface area contributed by atoms with Gasteiger partial charge in [-0.2, -0.15) is 0 Å². The zero-order valence-electron chi connectivity index (χ0n) is 11.3. The summed E-state index contributed by atoms with van der Waals surface area (Å²) in [5.41, 5.74) is 0. The molecule has 1 fully saturated rings. The van der Waals surface area contributed by atoms with E-state index in [0.29, 0.717) is 12.6 Å². The summed E-state index contributed by atoms with van der Waals surface area (Å²) in [4.78, 5) is 24.5. The largest absolute Gasteiger partial charge is 0.481 e. The number of hydrogen-bond donors (Lipinski definition) is 2. The van der Waals surface area contributed by atoms with Crippen LogP contribution in [0, 0.1) is 0 Å². The van der Waals surface area contributed by atoms with Gasteiger partial charge in [0.25, 0.3) is 0 Å². The fourth-order valence-corrected chi connectivity index (χ4v) is 2.57. The first-order chi connectivity index (χ1) is 8.54.